The van der Waals surface area contributed by atoms with Gasteiger partial charge in [-0.25, -0.2) is 4.79 Å². The third-order valence-electron chi connectivity index (χ3n) is 2.53. The Bertz CT molecular complexity index is 594. The van der Waals surface area contributed by atoms with Crippen molar-refractivity contribution in [1.82, 2.24) is 0 Å². The number of furan rings is 1. The number of ether oxygens (including phenoxy) is 1. The van der Waals surface area contributed by atoms with Crippen LogP contribution in [0.3, 0.4) is 0 Å². The summed E-state index contributed by atoms with van der Waals surface area (Å²) in [6.45, 7) is 0.388. The largest absolute Gasteiger partial charge is 0.497 e. The third-order valence-corrected chi connectivity index (χ3v) is 3.22. The second-order valence-corrected chi connectivity index (χ2v) is 4.66. The van der Waals surface area contributed by atoms with E-state index in [1.807, 2.05) is 18.2 Å². The highest BCUT2D eigenvalue weighted by Gasteiger charge is 2.08. The van der Waals surface area contributed by atoms with E-state index in [9.17, 15) is 4.79 Å². The number of hydrogen-bond acceptors (Lipinski definition) is 4. The second-order valence-electron chi connectivity index (χ2n) is 3.81. The van der Waals surface area contributed by atoms with Gasteiger partial charge in [0.15, 0.2) is 0 Å². The molecule has 2 rings (SSSR count). The van der Waals surface area contributed by atoms with Crippen molar-refractivity contribution in [2.75, 3.05) is 12.4 Å². The minimum absolute atomic E-state index is 0.140. The molecule has 5 nitrogen and oxygen atoms in total. The van der Waals surface area contributed by atoms with Crippen LogP contribution in [-0.2, 0) is 6.54 Å². The van der Waals surface area contributed by atoms with Crippen molar-refractivity contribution in [3.8, 4) is 5.75 Å². The summed E-state index contributed by atoms with van der Waals surface area (Å²) in [7, 11) is 1.60. The molecule has 0 spiro atoms. The summed E-state index contributed by atoms with van der Waals surface area (Å²) in [6, 6.07) is 7.03. The molecule has 6 heteroatoms. The van der Waals surface area contributed by atoms with E-state index < -0.39 is 5.97 Å². The topological polar surface area (TPSA) is 71.7 Å². The number of benzene rings is 1. The Morgan fingerprint density at radius 3 is 2.89 bits per heavy atom. The molecule has 0 aliphatic carbocycles. The first-order valence-corrected chi connectivity index (χ1v) is 6.27. The molecule has 2 aromatic rings. The fourth-order valence-electron chi connectivity index (χ4n) is 1.53. The van der Waals surface area contributed by atoms with E-state index in [1.54, 1.807) is 7.11 Å². The maximum atomic E-state index is 10.7. The lowest BCUT2D eigenvalue weighted by Gasteiger charge is -2.08. The first-order valence-electron chi connectivity index (χ1n) is 5.48. The van der Waals surface area contributed by atoms with Crippen LogP contribution in [0, 0.1) is 0 Å². The van der Waals surface area contributed by atoms with Gasteiger partial charge in [0.25, 0.3) is 0 Å². The molecule has 1 aromatic carbocycles. The van der Waals surface area contributed by atoms with Gasteiger partial charge in [0, 0.05) is 10.5 Å². The fraction of sp³-hybridized carbons (Fsp3) is 0.154. The maximum absolute atomic E-state index is 10.7. The maximum Gasteiger partial charge on any atom is 0.338 e. The zero-order valence-corrected chi connectivity index (χ0v) is 11.7. The van der Waals surface area contributed by atoms with Gasteiger partial charge >= 0.3 is 5.97 Å². The summed E-state index contributed by atoms with van der Waals surface area (Å²) in [6.07, 6.45) is 1.22. The van der Waals surface area contributed by atoms with Crippen LogP contribution in [0.5, 0.6) is 5.75 Å². The quantitative estimate of drug-likeness (QED) is 0.881. The highest BCUT2D eigenvalue weighted by atomic mass is 79.9. The summed E-state index contributed by atoms with van der Waals surface area (Å²) >= 11 is 3.42. The van der Waals surface area contributed by atoms with Gasteiger partial charge in [0.2, 0.25) is 0 Å². The number of rotatable bonds is 5. The number of anilines is 1. The number of halogens is 1. The molecule has 0 unspecified atom stereocenters. The standard InChI is InChI=1S/C13H12BrNO4/c1-18-9-2-3-11(14)12(5-9)15-6-10-4-8(7-19-10)13(16)17/h2-5,7,15H,6H2,1H3,(H,16,17). The number of carboxylic acids is 1. The molecule has 1 heterocycles. The van der Waals surface area contributed by atoms with E-state index in [2.05, 4.69) is 21.2 Å². The molecule has 19 heavy (non-hydrogen) atoms. The summed E-state index contributed by atoms with van der Waals surface area (Å²) < 4.78 is 11.2. The van der Waals surface area contributed by atoms with Crippen LogP contribution >= 0.6 is 15.9 Å². The Morgan fingerprint density at radius 1 is 1.47 bits per heavy atom. The predicted octanol–water partition coefficient (Wildman–Crippen LogP) is 3.36. The Kier molecular flexibility index (Phi) is 4.11. The van der Waals surface area contributed by atoms with Gasteiger partial charge in [-0.3, -0.25) is 0 Å². The molecule has 0 aliphatic heterocycles. The first-order chi connectivity index (χ1) is 9.10. The number of nitrogens with one attached hydrogen (secondary N) is 1. The number of aromatic carboxylic acids is 1. The molecule has 0 aliphatic rings. The van der Waals surface area contributed by atoms with E-state index in [4.69, 9.17) is 14.3 Å². The smallest absolute Gasteiger partial charge is 0.338 e. The van der Waals surface area contributed by atoms with Crippen molar-refractivity contribution in [3.05, 3.63) is 46.3 Å². The Balaban J connectivity index is 2.07. The molecule has 100 valence electrons. The fourth-order valence-corrected chi connectivity index (χ4v) is 1.92. The summed E-state index contributed by atoms with van der Waals surface area (Å²) in [5.41, 5.74) is 0.981. The molecule has 0 fully saturated rings. The number of hydrogen-bond donors (Lipinski definition) is 2. The minimum Gasteiger partial charge on any atom is -0.497 e. The van der Waals surface area contributed by atoms with Crippen molar-refractivity contribution in [1.29, 1.82) is 0 Å². The van der Waals surface area contributed by atoms with E-state index >= 15 is 0 Å². The van der Waals surface area contributed by atoms with E-state index in [0.29, 0.717) is 12.3 Å². The molecular weight excluding hydrogens is 314 g/mol. The average molecular weight is 326 g/mol. The normalized spacial score (nSPS) is 10.2. The molecule has 0 saturated heterocycles. The Labute approximate surface area is 118 Å². The molecule has 0 atom stereocenters. The van der Waals surface area contributed by atoms with Crippen molar-refractivity contribution < 1.29 is 19.1 Å². The summed E-state index contributed by atoms with van der Waals surface area (Å²) in [4.78, 5) is 10.7. The molecule has 0 bridgehead atoms. The summed E-state index contributed by atoms with van der Waals surface area (Å²) in [5, 5.41) is 11.9. The number of methoxy groups -OCH3 is 1. The number of carboxylic acid groups (broad SMARTS) is 1. The van der Waals surface area contributed by atoms with Crippen molar-refractivity contribution in [2.24, 2.45) is 0 Å². The Hall–Kier alpha value is -1.95. The molecule has 0 amide bonds. The molecule has 1 aromatic heterocycles. The van der Waals surface area contributed by atoms with Crippen molar-refractivity contribution in [3.63, 3.8) is 0 Å². The lowest BCUT2D eigenvalue weighted by atomic mass is 10.3. The lowest BCUT2D eigenvalue weighted by Crippen LogP contribution is -1.99. The lowest BCUT2D eigenvalue weighted by molar-refractivity contribution is 0.0696. The van der Waals surface area contributed by atoms with Crippen LogP contribution in [0.2, 0.25) is 0 Å². The highest BCUT2D eigenvalue weighted by molar-refractivity contribution is 9.10. The van der Waals surface area contributed by atoms with Crippen LogP contribution in [-0.4, -0.2) is 18.2 Å². The van der Waals surface area contributed by atoms with Gasteiger partial charge < -0.3 is 19.6 Å². The van der Waals surface area contributed by atoms with Gasteiger partial charge in [0.05, 0.1) is 24.9 Å². The molecule has 2 N–H and O–H groups in total. The zero-order valence-electron chi connectivity index (χ0n) is 10.1. The van der Waals surface area contributed by atoms with E-state index in [1.165, 1.54) is 12.3 Å². The van der Waals surface area contributed by atoms with Gasteiger partial charge in [0.1, 0.15) is 17.8 Å². The number of carbonyl (C=O) groups is 1. The summed E-state index contributed by atoms with van der Waals surface area (Å²) in [5.74, 6) is 0.279. The third kappa shape index (κ3) is 3.29. The molecule has 0 saturated carbocycles. The van der Waals surface area contributed by atoms with Crippen LogP contribution in [0.4, 0.5) is 5.69 Å². The second kappa shape index (κ2) is 5.79. The predicted molar refractivity (Wildman–Crippen MR) is 73.7 cm³/mol. The van der Waals surface area contributed by atoms with Crippen LogP contribution in [0.1, 0.15) is 16.1 Å². The average Bonchev–Trinajstić information content (AvgIpc) is 2.87. The SMILES string of the molecule is COc1ccc(Br)c(NCc2cc(C(=O)O)co2)c1. The van der Waals surface area contributed by atoms with Crippen molar-refractivity contribution in [2.45, 2.75) is 6.54 Å². The first kappa shape index (κ1) is 13.5. The monoisotopic (exact) mass is 325 g/mol. The van der Waals surface area contributed by atoms with Crippen LogP contribution in [0.15, 0.2) is 39.4 Å². The van der Waals surface area contributed by atoms with Gasteiger partial charge in [-0.05, 0) is 34.1 Å². The zero-order chi connectivity index (χ0) is 13.8. The van der Waals surface area contributed by atoms with Gasteiger partial charge in [-0.2, -0.15) is 0 Å². The van der Waals surface area contributed by atoms with E-state index in [-0.39, 0.29) is 5.56 Å². The molecule has 0 radical (unpaired) electrons. The van der Waals surface area contributed by atoms with Gasteiger partial charge in [-0.15, -0.1) is 0 Å². The van der Waals surface area contributed by atoms with Crippen LogP contribution < -0.4 is 10.1 Å². The van der Waals surface area contributed by atoms with E-state index in [0.717, 1.165) is 15.9 Å². The van der Waals surface area contributed by atoms with Gasteiger partial charge in [-0.1, -0.05) is 0 Å². The van der Waals surface area contributed by atoms with Crippen LogP contribution in [0.25, 0.3) is 0 Å². The molecular formula is C13H12BrNO4. The highest BCUT2D eigenvalue weighted by Crippen LogP contribution is 2.27. The van der Waals surface area contributed by atoms with Crippen molar-refractivity contribution >= 4 is 27.6 Å². The minimum atomic E-state index is -1.00. The Morgan fingerprint density at radius 2 is 2.26 bits per heavy atom.